The maximum absolute atomic E-state index is 11.9. The first-order valence-electron chi connectivity index (χ1n) is 5.87. The Morgan fingerprint density at radius 2 is 2.00 bits per heavy atom. The van der Waals surface area contributed by atoms with Gasteiger partial charge in [-0.3, -0.25) is 9.78 Å². The summed E-state index contributed by atoms with van der Waals surface area (Å²) in [5, 5.41) is 0. The summed E-state index contributed by atoms with van der Waals surface area (Å²) in [6.45, 7) is 3.94. The molecule has 0 radical (unpaired) electrons. The van der Waals surface area contributed by atoms with Crippen molar-refractivity contribution in [1.29, 1.82) is 0 Å². The van der Waals surface area contributed by atoms with Crippen molar-refractivity contribution in [2.24, 2.45) is 0 Å². The monoisotopic (exact) mass is 237 g/mol. The fraction of sp³-hybridized carbons (Fsp3) is 0.636. The van der Waals surface area contributed by atoms with E-state index < -0.39 is 0 Å². The minimum atomic E-state index is -0.0730. The summed E-state index contributed by atoms with van der Waals surface area (Å²) in [6, 6.07) is 0. The van der Waals surface area contributed by atoms with Crippen LogP contribution in [0.1, 0.15) is 11.3 Å². The van der Waals surface area contributed by atoms with E-state index in [0.717, 1.165) is 25.2 Å². The molecule has 3 rings (SSSR count). The normalized spacial score (nSPS) is 20.1. The minimum absolute atomic E-state index is 0.0730. The van der Waals surface area contributed by atoms with Crippen molar-refractivity contribution in [1.82, 2.24) is 9.97 Å². The molecule has 0 saturated carbocycles. The number of morpholine rings is 1. The molecule has 0 amide bonds. The van der Waals surface area contributed by atoms with Crippen molar-refractivity contribution in [2.75, 3.05) is 37.8 Å². The fourth-order valence-corrected chi connectivity index (χ4v) is 2.15. The SMILES string of the molecule is O=c1[nH]c(N2CCOCC2)nc2c1COCC2. The van der Waals surface area contributed by atoms with Gasteiger partial charge in [0.2, 0.25) is 5.95 Å². The number of hydrogen-bond acceptors (Lipinski definition) is 5. The molecule has 17 heavy (non-hydrogen) atoms. The van der Waals surface area contributed by atoms with Crippen LogP contribution in [0, 0.1) is 0 Å². The standard InChI is InChI=1S/C11H15N3O3/c15-10-8-7-17-4-1-9(8)12-11(13-10)14-2-5-16-6-3-14/h1-7H2,(H,12,13,15). The largest absolute Gasteiger partial charge is 0.378 e. The van der Waals surface area contributed by atoms with Crippen LogP contribution in [0.3, 0.4) is 0 Å². The molecule has 0 aromatic carbocycles. The second kappa shape index (κ2) is 4.46. The Kier molecular flexibility index (Phi) is 2.82. The molecule has 0 aliphatic carbocycles. The second-order valence-electron chi connectivity index (χ2n) is 4.22. The zero-order valence-corrected chi connectivity index (χ0v) is 9.57. The molecule has 1 fully saturated rings. The van der Waals surface area contributed by atoms with E-state index in [0.29, 0.717) is 37.9 Å². The van der Waals surface area contributed by atoms with E-state index in [4.69, 9.17) is 9.47 Å². The lowest BCUT2D eigenvalue weighted by atomic mass is 10.1. The third kappa shape index (κ3) is 2.05. The quantitative estimate of drug-likeness (QED) is 0.725. The van der Waals surface area contributed by atoms with Gasteiger partial charge in [-0.1, -0.05) is 0 Å². The lowest BCUT2D eigenvalue weighted by Gasteiger charge is -2.28. The molecule has 92 valence electrons. The maximum atomic E-state index is 11.9. The number of aromatic nitrogens is 2. The third-order valence-electron chi connectivity index (χ3n) is 3.13. The van der Waals surface area contributed by atoms with Gasteiger partial charge in [0.1, 0.15) is 0 Å². The number of anilines is 1. The van der Waals surface area contributed by atoms with Crippen LogP contribution in [-0.2, 0) is 22.5 Å². The molecule has 2 aliphatic heterocycles. The van der Waals surface area contributed by atoms with Gasteiger partial charge in [-0.25, -0.2) is 4.98 Å². The van der Waals surface area contributed by atoms with Gasteiger partial charge in [0.15, 0.2) is 0 Å². The van der Waals surface area contributed by atoms with Crippen molar-refractivity contribution in [2.45, 2.75) is 13.0 Å². The number of fused-ring (bicyclic) bond motifs is 1. The number of ether oxygens (including phenoxy) is 2. The van der Waals surface area contributed by atoms with Crippen LogP contribution >= 0.6 is 0 Å². The van der Waals surface area contributed by atoms with Crippen LogP contribution in [0.4, 0.5) is 5.95 Å². The lowest BCUT2D eigenvalue weighted by Crippen LogP contribution is -2.39. The molecule has 1 N–H and O–H groups in total. The smallest absolute Gasteiger partial charge is 0.258 e. The van der Waals surface area contributed by atoms with Gasteiger partial charge in [0.25, 0.3) is 5.56 Å². The Balaban J connectivity index is 1.95. The predicted molar refractivity (Wildman–Crippen MR) is 61.2 cm³/mol. The number of aromatic amines is 1. The molecule has 6 heteroatoms. The molecule has 2 aliphatic rings. The zero-order chi connectivity index (χ0) is 11.7. The van der Waals surface area contributed by atoms with Gasteiger partial charge >= 0.3 is 0 Å². The zero-order valence-electron chi connectivity index (χ0n) is 9.57. The van der Waals surface area contributed by atoms with Crippen molar-refractivity contribution >= 4 is 5.95 Å². The highest BCUT2D eigenvalue weighted by Crippen LogP contribution is 2.14. The van der Waals surface area contributed by atoms with Gasteiger partial charge in [0, 0.05) is 19.5 Å². The molecule has 1 saturated heterocycles. The molecule has 0 bridgehead atoms. The van der Waals surface area contributed by atoms with Gasteiger partial charge in [-0.15, -0.1) is 0 Å². The highest BCUT2D eigenvalue weighted by atomic mass is 16.5. The summed E-state index contributed by atoms with van der Waals surface area (Å²) >= 11 is 0. The van der Waals surface area contributed by atoms with Crippen LogP contribution in [0.2, 0.25) is 0 Å². The Morgan fingerprint density at radius 3 is 2.82 bits per heavy atom. The van der Waals surface area contributed by atoms with Crippen LogP contribution in [0.5, 0.6) is 0 Å². The first kappa shape index (κ1) is 10.7. The Morgan fingerprint density at radius 1 is 1.18 bits per heavy atom. The molecular formula is C11H15N3O3. The molecular weight excluding hydrogens is 222 g/mol. The molecule has 0 spiro atoms. The Labute approximate surface area is 98.6 Å². The average Bonchev–Trinajstić information content (AvgIpc) is 2.40. The third-order valence-corrected chi connectivity index (χ3v) is 3.13. The Bertz CT molecular complexity index is 466. The van der Waals surface area contributed by atoms with Crippen molar-refractivity contribution in [3.05, 3.63) is 21.6 Å². The van der Waals surface area contributed by atoms with Crippen molar-refractivity contribution in [3.8, 4) is 0 Å². The summed E-state index contributed by atoms with van der Waals surface area (Å²) < 4.78 is 10.6. The molecule has 3 heterocycles. The topological polar surface area (TPSA) is 67.5 Å². The van der Waals surface area contributed by atoms with E-state index in [1.807, 2.05) is 0 Å². The minimum Gasteiger partial charge on any atom is -0.378 e. The molecule has 1 aromatic rings. The van der Waals surface area contributed by atoms with E-state index in [1.165, 1.54) is 0 Å². The number of nitrogens with zero attached hydrogens (tertiary/aromatic N) is 2. The van der Waals surface area contributed by atoms with Gasteiger partial charge in [-0.2, -0.15) is 0 Å². The first-order chi connectivity index (χ1) is 8.34. The predicted octanol–water partition coefficient (Wildman–Crippen LogP) is -0.321. The number of rotatable bonds is 1. The number of nitrogens with one attached hydrogen (secondary N) is 1. The summed E-state index contributed by atoms with van der Waals surface area (Å²) in [6.07, 6.45) is 0.719. The van der Waals surface area contributed by atoms with Crippen LogP contribution in [-0.4, -0.2) is 42.9 Å². The van der Waals surface area contributed by atoms with Gasteiger partial charge in [-0.05, 0) is 0 Å². The van der Waals surface area contributed by atoms with E-state index >= 15 is 0 Å². The van der Waals surface area contributed by atoms with Crippen molar-refractivity contribution < 1.29 is 9.47 Å². The molecule has 0 atom stereocenters. The van der Waals surface area contributed by atoms with Crippen molar-refractivity contribution in [3.63, 3.8) is 0 Å². The Hall–Kier alpha value is -1.40. The number of H-pyrrole nitrogens is 1. The maximum Gasteiger partial charge on any atom is 0.258 e. The highest BCUT2D eigenvalue weighted by molar-refractivity contribution is 5.34. The first-order valence-corrected chi connectivity index (χ1v) is 5.87. The van der Waals surface area contributed by atoms with E-state index in [2.05, 4.69) is 14.9 Å². The fourth-order valence-electron chi connectivity index (χ4n) is 2.15. The van der Waals surface area contributed by atoms with Crippen LogP contribution in [0.25, 0.3) is 0 Å². The molecule has 6 nitrogen and oxygen atoms in total. The lowest BCUT2D eigenvalue weighted by molar-refractivity contribution is 0.107. The van der Waals surface area contributed by atoms with Gasteiger partial charge < -0.3 is 14.4 Å². The van der Waals surface area contributed by atoms with Gasteiger partial charge in [0.05, 0.1) is 37.7 Å². The summed E-state index contributed by atoms with van der Waals surface area (Å²) in [5.74, 6) is 0.666. The van der Waals surface area contributed by atoms with Crippen LogP contribution in [0.15, 0.2) is 4.79 Å². The molecule has 1 aromatic heterocycles. The van der Waals surface area contributed by atoms with E-state index in [-0.39, 0.29) is 5.56 Å². The summed E-state index contributed by atoms with van der Waals surface area (Å²) in [7, 11) is 0. The summed E-state index contributed by atoms with van der Waals surface area (Å²) in [4.78, 5) is 21.3. The average molecular weight is 237 g/mol. The summed E-state index contributed by atoms with van der Waals surface area (Å²) in [5.41, 5.74) is 1.48. The highest BCUT2D eigenvalue weighted by Gasteiger charge is 2.19. The second-order valence-corrected chi connectivity index (χ2v) is 4.22. The van der Waals surface area contributed by atoms with E-state index in [9.17, 15) is 4.79 Å². The molecule has 0 unspecified atom stereocenters. The van der Waals surface area contributed by atoms with Crippen LogP contribution < -0.4 is 10.5 Å². The van der Waals surface area contributed by atoms with E-state index in [1.54, 1.807) is 0 Å². The number of hydrogen-bond donors (Lipinski definition) is 1.